The molecule has 0 radical (unpaired) electrons. The summed E-state index contributed by atoms with van der Waals surface area (Å²) >= 11 is 0. The molecule has 1 amide bonds. The van der Waals surface area contributed by atoms with Crippen molar-refractivity contribution in [2.75, 3.05) is 26.7 Å². The third-order valence-electron chi connectivity index (χ3n) is 6.62. The topological polar surface area (TPSA) is 104 Å². The maximum absolute atomic E-state index is 11.7. The summed E-state index contributed by atoms with van der Waals surface area (Å²) in [6.07, 6.45) is 7.43. The summed E-state index contributed by atoms with van der Waals surface area (Å²) < 4.78 is 1.82. The number of amides is 1. The van der Waals surface area contributed by atoms with Crippen molar-refractivity contribution < 1.29 is 4.79 Å². The standard InChI is InChI=1S/C24H30N8O/c1-14(2)20-21(17-9-15(3)24-27-13-28-32(24)11-17)29-18-10-26-23(30-22(18)20)16-5-7-31(8-6-16)12-19(33)25-4/h9-11,13-14,16,29H,5-8,12H2,1-4H3,(H,25,33). The van der Waals surface area contributed by atoms with E-state index in [0.29, 0.717) is 12.5 Å². The van der Waals surface area contributed by atoms with Crippen LogP contribution in [0.1, 0.15) is 55.5 Å². The van der Waals surface area contributed by atoms with Gasteiger partial charge in [0.1, 0.15) is 12.2 Å². The minimum Gasteiger partial charge on any atom is -0.358 e. The van der Waals surface area contributed by atoms with Crippen molar-refractivity contribution in [3.05, 3.63) is 41.7 Å². The molecule has 1 fully saturated rings. The van der Waals surface area contributed by atoms with E-state index >= 15 is 0 Å². The zero-order valence-corrected chi connectivity index (χ0v) is 19.6. The minimum atomic E-state index is 0.0619. The number of likely N-dealkylation sites (N-methyl/N-ethyl adjacent to an activating group) is 1. The number of aromatic amines is 1. The molecular formula is C24H30N8O. The number of aromatic nitrogens is 6. The first-order chi connectivity index (χ1) is 15.9. The van der Waals surface area contributed by atoms with Crippen LogP contribution in [0.3, 0.4) is 0 Å². The van der Waals surface area contributed by atoms with E-state index in [9.17, 15) is 4.79 Å². The van der Waals surface area contributed by atoms with E-state index < -0.39 is 0 Å². The van der Waals surface area contributed by atoms with Crippen LogP contribution in [0.4, 0.5) is 0 Å². The number of hydrogen-bond donors (Lipinski definition) is 2. The molecule has 172 valence electrons. The van der Waals surface area contributed by atoms with Crippen molar-refractivity contribution in [1.82, 2.24) is 39.8 Å². The molecule has 9 nitrogen and oxygen atoms in total. The Bertz CT molecular complexity index is 1310. The molecule has 1 aliphatic rings. The Balaban J connectivity index is 1.48. The van der Waals surface area contributed by atoms with Crippen LogP contribution in [-0.2, 0) is 4.79 Å². The molecule has 0 atom stereocenters. The average Bonchev–Trinajstić information content (AvgIpc) is 3.44. The van der Waals surface area contributed by atoms with Crippen LogP contribution < -0.4 is 5.32 Å². The number of nitrogens with one attached hydrogen (secondary N) is 2. The van der Waals surface area contributed by atoms with Gasteiger partial charge in [0.05, 0.1) is 29.5 Å². The summed E-state index contributed by atoms with van der Waals surface area (Å²) in [5.41, 5.74) is 7.22. The Kier molecular flexibility index (Phi) is 5.57. The quantitative estimate of drug-likeness (QED) is 0.488. The van der Waals surface area contributed by atoms with Gasteiger partial charge in [-0.1, -0.05) is 13.8 Å². The number of piperidine rings is 1. The lowest BCUT2D eigenvalue weighted by Gasteiger charge is -2.30. The lowest BCUT2D eigenvalue weighted by Crippen LogP contribution is -2.40. The van der Waals surface area contributed by atoms with E-state index in [-0.39, 0.29) is 11.8 Å². The van der Waals surface area contributed by atoms with Crippen LogP contribution in [-0.4, -0.2) is 67.0 Å². The zero-order valence-electron chi connectivity index (χ0n) is 19.6. The minimum absolute atomic E-state index is 0.0619. The van der Waals surface area contributed by atoms with Gasteiger partial charge in [0.15, 0.2) is 5.65 Å². The third kappa shape index (κ3) is 3.97. The molecule has 0 aliphatic carbocycles. The van der Waals surface area contributed by atoms with Crippen molar-refractivity contribution in [1.29, 1.82) is 0 Å². The van der Waals surface area contributed by atoms with Crippen molar-refractivity contribution in [2.45, 2.75) is 45.4 Å². The van der Waals surface area contributed by atoms with E-state index in [1.807, 2.05) is 16.9 Å². The van der Waals surface area contributed by atoms with Crippen LogP contribution in [0.15, 0.2) is 24.8 Å². The number of pyridine rings is 1. The highest BCUT2D eigenvalue weighted by Crippen LogP contribution is 2.36. The van der Waals surface area contributed by atoms with Gasteiger partial charge >= 0.3 is 0 Å². The summed E-state index contributed by atoms with van der Waals surface area (Å²) in [6.45, 7) is 8.67. The Morgan fingerprint density at radius 3 is 2.79 bits per heavy atom. The second-order valence-corrected chi connectivity index (χ2v) is 9.22. The Hall–Kier alpha value is -3.33. The van der Waals surface area contributed by atoms with Gasteiger partial charge in [0, 0.05) is 30.3 Å². The highest BCUT2D eigenvalue weighted by molar-refractivity contribution is 5.88. The first-order valence-electron chi connectivity index (χ1n) is 11.6. The van der Waals surface area contributed by atoms with Crippen LogP contribution in [0, 0.1) is 6.92 Å². The second-order valence-electron chi connectivity index (χ2n) is 9.22. The number of rotatable bonds is 5. The maximum Gasteiger partial charge on any atom is 0.233 e. The summed E-state index contributed by atoms with van der Waals surface area (Å²) in [4.78, 5) is 31.6. The fourth-order valence-electron chi connectivity index (χ4n) is 4.86. The van der Waals surface area contributed by atoms with Crippen LogP contribution in [0.5, 0.6) is 0 Å². The van der Waals surface area contributed by atoms with E-state index in [2.05, 4.69) is 52.1 Å². The molecule has 2 N–H and O–H groups in total. The molecule has 5 heterocycles. The molecule has 0 saturated carbocycles. The summed E-state index contributed by atoms with van der Waals surface area (Å²) in [7, 11) is 1.68. The lowest BCUT2D eigenvalue weighted by atomic mass is 9.95. The van der Waals surface area contributed by atoms with Crippen molar-refractivity contribution in [3.63, 3.8) is 0 Å². The monoisotopic (exact) mass is 446 g/mol. The first-order valence-corrected chi connectivity index (χ1v) is 11.6. The van der Waals surface area contributed by atoms with Crippen molar-refractivity contribution in [3.8, 4) is 11.3 Å². The molecule has 9 heteroatoms. The zero-order chi connectivity index (χ0) is 23.1. The number of carbonyl (C=O) groups is 1. The number of H-pyrrole nitrogens is 1. The third-order valence-corrected chi connectivity index (χ3v) is 6.62. The Morgan fingerprint density at radius 1 is 1.27 bits per heavy atom. The number of carbonyl (C=O) groups excluding carboxylic acids is 1. The fraction of sp³-hybridized carbons (Fsp3) is 0.458. The SMILES string of the molecule is CNC(=O)CN1CCC(c2ncc3[nH]c(-c4cc(C)c5ncnn5c4)c(C(C)C)c3n2)CC1. The highest BCUT2D eigenvalue weighted by Gasteiger charge is 2.25. The number of hydrogen-bond acceptors (Lipinski definition) is 6. The average molecular weight is 447 g/mol. The predicted octanol–water partition coefficient (Wildman–Crippen LogP) is 3.02. The van der Waals surface area contributed by atoms with Gasteiger partial charge < -0.3 is 10.3 Å². The summed E-state index contributed by atoms with van der Waals surface area (Å²) in [6, 6.07) is 2.15. The lowest BCUT2D eigenvalue weighted by molar-refractivity contribution is -0.122. The van der Waals surface area contributed by atoms with Gasteiger partial charge in [-0.3, -0.25) is 9.69 Å². The smallest absolute Gasteiger partial charge is 0.233 e. The molecule has 0 aromatic carbocycles. The molecule has 1 saturated heterocycles. The molecule has 1 aliphatic heterocycles. The molecule has 4 aromatic heterocycles. The van der Waals surface area contributed by atoms with E-state index in [0.717, 1.165) is 65.3 Å². The number of likely N-dealkylation sites (tertiary alicyclic amines) is 1. The molecule has 4 aromatic rings. The van der Waals surface area contributed by atoms with Gasteiger partial charge in [-0.05, 0) is 50.4 Å². The Morgan fingerprint density at radius 2 is 2.06 bits per heavy atom. The fourth-order valence-corrected chi connectivity index (χ4v) is 4.86. The van der Waals surface area contributed by atoms with Crippen molar-refractivity contribution in [2.24, 2.45) is 0 Å². The highest BCUT2D eigenvalue weighted by atomic mass is 16.1. The van der Waals surface area contributed by atoms with E-state index in [4.69, 9.17) is 9.97 Å². The predicted molar refractivity (Wildman–Crippen MR) is 127 cm³/mol. The first kappa shape index (κ1) is 21.5. The van der Waals surface area contributed by atoms with Gasteiger partial charge in [-0.25, -0.2) is 19.5 Å². The molecule has 0 spiro atoms. The van der Waals surface area contributed by atoms with Crippen LogP contribution >= 0.6 is 0 Å². The van der Waals surface area contributed by atoms with Crippen LogP contribution in [0.25, 0.3) is 27.9 Å². The molecule has 0 bridgehead atoms. The van der Waals surface area contributed by atoms with Gasteiger partial charge in [-0.15, -0.1) is 0 Å². The summed E-state index contributed by atoms with van der Waals surface area (Å²) in [5.74, 6) is 1.56. The summed E-state index contributed by atoms with van der Waals surface area (Å²) in [5, 5.41) is 7.04. The molecule has 0 unspecified atom stereocenters. The van der Waals surface area contributed by atoms with Gasteiger partial charge in [0.25, 0.3) is 0 Å². The second kappa shape index (κ2) is 8.55. The molecule has 5 rings (SSSR count). The molecular weight excluding hydrogens is 416 g/mol. The van der Waals surface area contributed by atoms with Gasteiger partial charge in [-0.2, -0.15) is 5.10 Å². The number of fused-ring (bicyclic) bond motifs is 2. The number of nitrogens with zero attached hydrogens (tertiary/aromatic N) is 6. The van der Waals surface area contributed by atoms with Crippen LogP contribution in [0.2, 0.25) is 0 Å². The van der Waals surface area contributed by atoms with Crippen molar-refractivity contribution >= 4 is 22.6 Å². The Labute approximate surface area is 192 Å². The van der Waals surface area contributed by atoms with E-state index in [1.165, 1.54) is 5.56 Å². The molecule has 33 heavy (non-hydrogen) atoms. The van der Waals surface area contributed by atoms with Gasteiger partial charge in [0.2, 0.25) is 5.91 Å². The van der Waals surface area contributed by atoms with E-state index in [1.54, 1.807) is 13.4 Å². The largest absolute Gasteiger partial charge is 0.358 e. The maximum atomic E-state index is 11.7. The number of aryl methyl sites for hydroxylation is 1. The normalized spacial score (nSPS) is 15.7.